The molecule has 2 aliphatic heterocycles. The lowest BCUT2D eigenvalue weighted by Crippen LogP contribution is -2.48. The van der Waals surface area contributed by atoms with Crippen LogP contribution in [0.1, 0.15) is 39.2 Å². The van der Waals surface area contributed by atoms with Crippen molar-refractivity contribution in [2.24, 2.45) is 4.99 Å². The monoisotopic (exact) mass is 388 g/mol. The molecule has 1 aromatic carbocycles. The number of ether oxygens (including phenoxy) is 2. The lowest BCUT2D eigenvalue weighted by molar-refractivity contribution is -0.129. The lowest BCUT2D eigenvalue weighted by Gasteiger charge is -2.29. The molecule has 0 saturated carbocycles. The van der Waals surface area contributed by atoms with Gasteiger partial charge in [-0.15, -0.1) is 0 Å². The first-order valence-corrected chi connectivity index (χ1v) is 10.1. The first-order chi connectivity index (χ1) is 13.4. The van der Waals surface area contributed by atoms with Gasteiger partial charge in [-0.1, -0.05) is 26.8 Å². The Morgan fingerprint density at radius 3 is 2.75 bits per heavy atom. The van der Waals surface area contributed by atoms with Gasteiger partial charge in [-0.05, 0) is 24.1 Å². The summed E-state index contributed by atoms with van der Waals surface area (Å²) >= 11 is 0. The van der Waals surface area contributed by atoms with Crippen LogP contribution in [0.5, 0.6) is 11.5 Å². The van der Waals surface area contributed by atoms with Gasteiger partial charge in [0, 0.05) is 44.6 Å². The minimum Gasteiger partial charge on any atom is -0.486 e. The fraction of sp³-hybridized carbons (Fsp3) is 0.619. The van der Waals surface area contributed by atoms with Crippen molar-refractivity contribution in [2.75, 3.05) is 39.9 Å². The molecule has 0 radical (unpaired) electrons. The number of aliphatic imine (C=N–C) groups is 1. The van der Waals surface area contributed by atoms with E-state index < -0.39 is 0 Å². The number of hydrogen-bond donors (Lipinski definition) is 2. The molecule has 2 aliphatic rings. The number of carbonyl (C=O) groups is 1. The number of hydrogen-bond acceptors (Lipinski definition) is 4. The van der Waals surface area contributed by atoms with Crippen molar-refractivity contribution in [2.45, 2.75) is 45.1 Å². The Morgan fingerprint density at radius 1 is 1.29 bits per heavy atom. The van der Waals surface area contributed by atoms with Crippen molar-refractivity contribution in [3.8, 4) is 11.5 Å². The minimum atomic E-state index is -0.118. The molecule has 154 valence electrons. The maximum Gasteiger partial charge on any atom is 0.222 e. The quantitative estimate of drug-likeness (QED) is 0.595. The van der Waals surface area contributed by atoms with Gasteiger partial charge in [-0.2, -0.15) is 0 Å². The standard InChI is InChI=1S/C21H32N4O3/c1-5-19(26)25-9-8-16(13-25)24-20(22-4)23-14-21(2,3)15-6-7-17-18(12-15)28-11-10-27-17/h6-7,12,16H,5,8-11,13-14H2,1-4H3,(H2,22,23,24). The highest BCUT2D eigenvalue weighted by molar-refractivity contribution is 5.80. The van der Waals surface area contributed by atoms with Crippen LogP contribution in [0.25, 0.3) is 0 Å². The summed E-state index contributed by atoms with van der Waals surface area (Å²) in [7, 11) is 1.77. The largest absolute Gasteiger partial charge is 0.486 e. The SMILES string of the molecule is CCC(=O)N1CCC(NC(=NC)NCC(C)(C)c2ccc3c(c2)OCCO3)C1. The van der Waals surface area contributed by atoms with Crippen molar-refractivity contribution < 1.29 is 14.3 Å². The summed E-state index contributed by atoms with van der Waals surface area (Å²) in [6.45, 7) is 9.74. The number of rotatable bonds is 5. The van der Waals surface area contributed by atoms with Gasteiger partial charge < -0.3 is 25.0 Å². The molecule has 0 aromatic heterocycles. The van der Waals surface area contributed by atoms with Crippen LogP contribution in [0, 0.1) is 0 Å². The molecule has 1 amide bonds. The minimum absolute atomic E-state index is 0.118. The van der Waals surface area contributed by atoms with Gasteiger partial charge in [0.2, 0.25) is 5.91 Å². The van der Waals surface area contributed by atoms with Crippen LogP contribution >= 0.6 is 0 Å². The van der Waals surface area contributed by atoms with E-state index in [0.717, 1.165) is 43.5 Å². The van der Waals surface area contributed by atoms with Crippen LogP contribution in [-0.4, -0.2) is 62.7 Å². The van der Waals surface area contributed by atoms with Crippen molar-refractivity contribution >= 4 is 11.9 Å². The van der Waals surface area contributed by atoms with Gasteiger partial charge in [-0.3, -0.25) is 9.79 Å². The van der Waals surface area contributed by atoms with E-state index in [-0.39, 0.29) is 17.4 Å². The molecule has 2 N–H and O–H groups in total. The molecule has 1 fully saturated rings. The van der Waals surface area contributed by atoms with Gasteiger partial charge in [-0.25, -0.2) is 0 Å². The second kappa shape index (κ2) is 8.71. The Balaban J connectivity index is 1.56. The number of nitrogens with one attached hydrogen (secondary N) is 2. The van der Waals surface area contributed by atoms with Crippen LogP contribution in [0.15, 0.2) is 23.2 Å². The highest BCUT2D eigenvalue weighted by Crippen LogP contribution is 2.34. The van der Waals surface area contributed by atoms with Gasteiger partial charge in [0.1, 0.15) is 13.2 Å². The van der Waals surface area contributed by atoms with Gasteiger partial charge in [0.05, 0.1) is 0 Å². The van der Waals surface area contributed by atoms with Crippen molar-refractivity contribution in [3.05, 3.63) is 23.8 Å². The molecule has 7 heteroatoms. The number of benzene rings is 1. The smallest absolute Gasteiger partial charge is 0.222 e. The van der Waals surface area contributed by atoms with Gasteiger partial charge >= 0.3 is 0 Å². The Labute approximate surface area is 167 Å². The highest BCUT2D eigenvalue weighted by Gasteiger charge is 2.27. The molecule has 28 heavy (non-hydrogen) atoms. The van der Waals surface area contributed by atoms with Crippen molar-refractivity contribution in [1.82, 2.24) is 15.5 Å². The average molecular weight is 389 g/mol. The summed E-state index contributed by atoms with van der Waals surface area (Å²) in [6.07, 6.45) is 1.50. The Kier molecular flexibility index (Phi) is 6.31. The number of carbonyl (C=O) groups excluding carboxylic acids is 1. The van der Waals surface area contributed by atoms with Gasteiger partial charge in [0.15, 0.2) is 17.5 Å². The number of nitrogens with zero attached hydrogens (tertiary/aromatic N) is 2. The zero-order valence-electron chi connectivity index (χ0n) is 17.4. The van der Waals surface area contributed by atoms with E-state index in [4.69, 9.17) is 9.47 Å². The van der Waals surface area contributed by atoms with Crippen molar-refractivity contribution in [1.29, 1.82) is 0 Å². The van der Waals surface area contributed by atoms with E-state index in [1.807, 2.05) is 17.9 Å². The fourth-order valence-corrected chi connectivity index (χ4v) is 3.59. The molecule has 1 unspecified atom stereocenters. The van der Waals surface area contributed by atoms with E-state index >= 15 is 0 Å². The summed E-state index contributed by atoms with van der Waals surface area (Å²) in [5.41, 5.74) is 1.06. The summed E-state index contributed by atoms with van der Waals surface area (Å²) in [6, 6.07) is 6.38. The van der Waals surface area contributed by atoms with E-state index in [1.165, 1.54) is 5.56 Å². The van der Waals surface area contributed by atoms with E-state index in [2.05, 4.69) is 41.6 Å². The van der Waals surface area contributed by atoms with Crippen LogP contribution < -0.4 is 20.1 Å². The molecule has 0 spiro atoms. The van der Waals surface area contributed by atoms with Crippen LogP contribution in [0.4, 0.5) is 0 Å². The maximum absolute atomic E-state index is 11.9. The normalized spacial score (nSPS) is 19.5. The molecular formula is C21H32N4O3. The third kappa shape index (κ3) is 4.69. The van der Waals surface area contributed by atoms with E-state index in [9.17, 15) is 4.79 Å². The molecular weight excluding hydrogens is 356 g/mol. The number of amides is 1. The zero-order valence-corrected chi connectivity index (χ0v) is 17.4. The molecule has 1 saturated heterocycles. The number of fused-ring (bicyclic) bond motifs is 1. The number of likely N-dealkylation sites (tertiary alicyclic amines) is 1. The second-order valence-electron chi connectivity index (χ2n) is 7.99. The first-order valence-electron chi connectivity index (χ1n) is 10.1. The van der Waals surface area contributed by atoms with Crippen LogP contribution in [-0.2, 0) is 10.2 Å². The van der Waals surface area contributed by atoms with E-state index in [1.54, 1.807) is 7.05 Å². The summed E-state index contributed by atoms with van der Waals surface area (Å²) in [4.78, 5) is 18.1. The van der Waals surface area contributed by atoms with Crippen LogP contribution in [0.3, 0.4) is 0 Å². The third-order valence-electron chi connectivity index (χ3n) is 5.43. The maximum atomic E-state index is 11.9. The molecule has 3 rings (SSSR count). The second-order valence-corrected chi connectivity index (χ2v) is 7.99. The molecule has 1 atom stereocenters. The average Bonchev–Trinajstić information content (AvgIpc) is 3.18. The predicted molar refractivity (Wildman–Crippen MR) is 110 cm³/mol. The third-order valence-corrected chi connectivity index (χ3v) is 5.43. The summed E-state index contributed by atoms with van der Waals surface area (Å²) in [5.74, 6) is 2.60. The Hall–Kier alpha value is -2.44. The number of guanidine groups is 1. The molecule has 0 aliphatic carbocycles. The first kappa shape index (κ1) is 20.3. The lowest BCUT2D eigenvalue weighted by atomic mass is 9.84. The summed E-state index contributed by atoms with van der Waals surface area (Å²) in [5, 5.41) is 6.89. The fourth-order valence-electron chi connectivity index (χ4n) is 3.59. The topological polar surface area (TPSA) is 75.2 Å². The Bertz CT molecular complexity index is 732. The molecule has 2 heterocycles. The Morgan fingerprint density at radius 2 is 2.04 bits per heavy atom. The molecule has 7 nitrogen and oxygen atoms in total. The summed E-state index contributed by atoms with van der Waals surface area (Å²) < 4.78 is 11.3. The van der Waals surface area contributed by atoms with Crippen LogP contribution in [0.2, 0.25) is 0 Å². The van der Waals surface area contributed by atoms with E-state index in [0.29, 0.717) is 19.6 Å². The predicted octanol–water partition coefficient (Wildman–Crippen LogP) is 1.91. The molecule has 0 bridgehead atoms. The van der Waals surface area contributed by atoms with Gasteiger partial charge in [0.25, 0.3) is 0 Å². The zero-order chi connectivity index (χ0) is 20.1. The molecule has 1 aromatic rings. The van der Waals surface area contributed by atoms with Crippen molar-refractivity contribution in [3.63, 3.8) is 0 Å². The highest BCUT2D eigenvalue weighted by atomic mass is 16.6.